The molecule has 0 amide bonds. The van der Waals surface area contributed by atoms with Gasteiger partial charge in [0.25, 0.3) is 0 Å². The molecule has 0 aliphatic heterocycles. The van der Waals surface area contributed by atoms with Crippen molar-refractivity contribution in [2.45, 2.75) is 54.4 Å². The van der Waals surface area contributed by atoms with Gasteiger partial charge in [0.15, 0.2) is 0 Å². The van der Waals surface area contributed by atoms with E-state index in [1.807, 2.05) is 0 Å². The van der Waals surface area contributed by atoms with Crippen molar-refractivity contribution in [1.82, 2.24) is 0 Å². The van der Waals surface area contributed by atoms with Crippen molar-refractivity contribution in [3.8, 4) is 0 Å². The molecule has 126 valence electrons. The van der Waals surface area contributed by atoms with Crippen molar-refractivity contribution in [3.05, 3.63) is 70.8 Å². The van der Waals surface area contributed by atoms with Gasteiger partial charge in [-0.2, -0.15) is 0 Å². The molecule has 0 radical (unpaired) electrons. The lowest BCUT2D eigenvalue weighted by Gasteiger charge is -2.21. The smallest absolute Gasteiger partial charge is 0.00528 e. The molecule has 2 aliphatic rings. The molecule has 0 atom stereocenters. The molecule has 0 fully saturated rings. The number of rotatable bonds is 2. The molecule has 0 unspecified atom stereocenters. The number of hydrogen-bond donors (Lipinski definition) is 0. The maximum atomic E-state index is 2.31. The molecule has 3 rings (SSSR count). The van der Waals surface area contributed by atoms with Gasteiger partial charge >= 0.3 is 0 Å². The van der Waals surface area contributed by atoms with Crippen molar-refractivity contribution in [2.75, 3.05) is 0 Å². The summed E-state index contributed by atoms with van der Waals surface area (Å²) in [6.45, 7) is 13.8. The van der Waals surface area contributed by atoms with Crippen molar-refractivity contribution >= 4 is 11.1 Å². The predicted molar refractivity (Wildman–Crippen MR) is 107 cm³/mol. The highest BCUT2D eigenvalue weighted by Gasteiger charge is 2.23. The second-order valence-electron chi connectivity index (χ2n) is 9.20. The van der Waals surface area contributed by atoms with E-state index in [4.69, 9.17) is 0 Å². The normalized spacial score (nSPS) is 18.2. The standard InChI is InChI=1S/C24H30/c1-23(2,3)21-13-11-19(15-21)17-7-9-18(10-8-17)20-12-14-22(16-20)24(4,5)6/h7-14H,15-16H2,1-6H3. The van der Waals surface area contributed by atoms with Crippen LogP contribution in [0.2, 0.25) is 0 Å². The Bertz CT molecular complexity index is 681. The summed E-state index contributed by atoms with van der Waals surface area (Å²) in [6, 6.07) is 9.15. The van der Waals surface area contributed by atoms with E-state index < -0.39 is 0 Å². The summed E-state index contributed by atoms with van der Waals surface area (Å²) in [6.07, 6.45) is 11.4. The first-order valence-electron chi connectivity index (χ1n) is 9.06. The van der Waals surface area contributed by atoms with E-state index in [-0.39, 0.29) is 10.8 Å². The zero-order chi connectivity index (χ0) is 17.5. The Hall–Kier alpha value is -1.82. The maximum absolute atomic E-state index is 2.31. The van der Waals surface area contributed by atoms with Gasteiger partial charge in [-0.15, -0.1) is 0 Å². The van der Waals surface area contributed by atoms with Crippen LogP contribution in [-0.4, -0.2) is 0 Å². The van der Waals surface area contributed by atoms with E-state index in [0.29, 0.717) is 0 Å². The predicted octanol–water partition coefficient (Wildman–Crippen LogP) is 7.21. The van der Waals surface area contributed by atoms with Crippen LogP contribution < -0.4 is 0 Å². The SMILES string of the molecule is CC(C)(C)C1=CC=C(c2ccc(C3=CC=C(C(C)(C)C)C3)cc2)C1. The van der Waals surface area contributed by atoms with Crippen LogP contribution in [0.15, 0.2) is 59.7 Å². The summed E-state index contributed by atoms with van der Waals surface area (Å²) >= 11 is 0. The van der Waals surface area contributed by atoms with Crippen LogP contribution in [0.4, 0.5) is 0 Å². The van der Waals surface area contributed by atoms with E-state index in [1.54, 1.807) is 0 Å². The summed E-state index contributed by atoms with van der Waals surface area (Å²) in [5.41, 5.74) is 9.19. The van der Waals surface area contributed by atoms with E-state index in [1.165, 1.54) is 33.4 Å². The second-order valence-corrected chi connectivity index (χ2v) is 9.20. The fourth-order valence-corrected chi connectivity index (χ4v) is 3.37. The van der Waals surface area contributed by atoms with Gasteiger partial charge < -0.3 is 0 Å². The van der Waals surface area contributed by atoms with Crippen LogP contribution >= 0.6 is 0 Å². The number of hydrogen-bond acceptors (Lipinski definition) is 0. The topological polar surface area (TPSA) is 0 Å². The molecule has 1 aromatic rings. The Labute approximate surface area is 147 Å². The minimum absolute atomic E-state index is 0.266. The van der Waals surface area contributed by atoms with Gasteiger partial charge in [0.05, 0.1) is 0 Å². The maximum Gasteiger partial charge on any atom is -0.00528 e. The summed E-state index contributed by atoms with van der Waals surface area (Å²) in [5, 5.41) is 0. The Morgan fingerprint density at radius 1 is 0.542 bits per heavy atom. The molecule has 0 spiro atoms. The van der Waals surface area contributed by atoms with Crippen molar-refractivity contribution in [2.24, 2.45) is 10.8 Å². The summed E-state index contributed by atoms with van der Waals surface area (Å²) < 4.78 is 0. The minimum Gasteiger partial charge on any atom is -0.0619 e. The van der Waals surface area contributed by atoms with Crippen molar-refractivity contribution < 1.29 is 0 Å². The summed E-state index contributed by atoms with van der Waals surface area (Å²) in [5.74, 6) is 0. The largest absolute Gasteiger partial charge is 0.0619 e. The van der Waals surface area contributed by atoms with Crippen molar-refractivity contribution in [1.29, 1.82) is 0 Å². The average molecular weight is 319 g/mol. The molecule has 0 saturated heterocycles. The quantitative estimate of drug-likeness (QED) is 0.540. The Kier molecular flexibility index (Phi) is 4.20. The Morgan fingerprint density at radius 3 is 1.12 bits per heavy atom. The third-order valence-electron chi connectivity index (χ3n) is 5.29. The molecule has 0 N–H and O–H groups in total. The van der Waals surface area contributed by atoms with Crippen molar-refractivity contribution in [3.63, 3.8) is 0 Å². The first-order chi connectivity index (χ1) is 11.1. The summed E-state index contributed by atoms with van der Waals surface area (Å²) in [7, 11) is 0. The lowest BCUT2D eigenvalue weighted by atomic mass is 9.83. The van der Waals surface area contributed by atoms with Gasteiger partial charge in [-0.25, -0.2) is 0 Å². The van der Waals surface area contributed by atoms with Gasteiger partial charge in [0, 0.05) is 0 Å². The van der Waals surface area contributed by atoms with Crippen LogP contribution in [0.1, 0.15) is 65.5 Å². The van der Waals surface area contributed by atoms with E-state index in [9.17, 15) is 0 Å². The number of benzene rings is 1. The lowest BCUT2D eigenvalue weighted by Crippen LogP contribution is -2.08. The third kappa shape index (κ3) is 3.48. The first-order valence-corrected chi connectivity index (χ1v) is 9.06. The van der Waals surface area contributed by atoms with E-state index in [2.05, 4.69) is 90.1 Å². The fraction of sp³-hybridized carbons (Fsp3) is 0.417. The zero-order valence-electron chi connectivity index (χ0n) is 16.0. The Balaban J connectivity index is 1.69. The molecule has 24 heavy (non-hydrogen) atoms. The number of allylic oxidation sites excluding steroid dienone is 8. The van der Waals surface area contributed by atoms with Crippen LogP contribution in [0, 0.1) is 10.8 Å². The highest BCUT2D eigenvalue weighted by Crippen LogP contribution is 2.40. The molecule has 0 bridgehead atoms. The van der Waals surface area contributed by atoms with Crippen LogP contribution in [0.5, 0.6) is 0 Å². The second kappa shape index (κ2) is 5.92. The molecule has 0 heterocycles. The summed E-state index contributed by atoms with van der Waals surface area (Å²) in [4.78, 5) is 0. The molecule has 0 aromatic heterocycles. The highest BCUT2D eigenvalue weighted by atomic mass is 14.3. The van der Waals surface area contributed by atoms with Gasteiger partial charge in [0.2, 0.25) is 0 Å². The average Bonchev–Trinajstić information content (AvgIpc) is 3.16. The Morgan fingerprint density at radius 2 is 0.875 bits per heavy atom. The molecule has 2 aliphatic carbocycles. The zero-order valence-corrected chi connectivity index (χ0v) is 16.0. The lowest BCUT2D eigenvalue weighted by molar-refractivity contribution is 0.497. The molecular weight excluding hydrogens is 288 g/mol. The fourth-order valence-electron chi connectivity index (χ4n) is 3.37. The molecule has 1 aromatic carbocycles. The van der Waals surface area contributed by atoms with Crippen LogP contribution in [-0.2, 0) is 0 Å². The molecule has 0 nitrogen and oxygen atoms in total. The van der Waals surface area contributed by atoms with Gasteiger partial charge in [0.1, 0.15) is 0 Å². The molecule has 0 saturated carbocycles. The van der Waals surface area contributed by atoms with Gasteiger partial charge in [-0.1, -0.05) is 101 Å². The van der Waals surface area contributed by atoms with Gasteiger partial charge in [-0.3, -0.25) is 0 Å². The van der Waals surface area contributed by atoms with Gasteiger partial charge in [-0.05, 0) is 45.9 Å². The van der Waals surface area contributed by atoms with Crippen LogP contribution in [0.25, 0.3) is 11.1 Å². The molecule has 0 heteroatoms. The van der Waals surface area contributed by atoms with E-state index in [0.717, 1.165) is 12.8 Å². The monoisotopic (exact) mass is 318 g/mol. The minimum atomic E-state index is 0.266. The first kappa shape index (κ1) is 17.0. The van der Waals surface area contributed by atoms with E-state index >= 15 is 0 Å². The van der Waals surface area contributed by atoms with Crippen LogP contribution in [0.3, 0.4) is 0 Å². The third-order valence-corrected chi connectivity index (χ3v) is 5.29. The highest BCUT2D eigenvalue weighted by molar-refractivity contribution is 5.77. The molecular formula is C24H30.